The smallest absolute Gasteiger partial charge is 0.241 e. The normalized spacial score (nSPS) is 14.6. The number of thiophene rings is 1. The summed E-state index contributed by atoms with van der Waals surface area (Å²) in [6, 6.07) is 6.67. The van der Waals surface area contributed by atoms with Crippen molar-refractivity contribution in [1.29, 1.82) is 0 Å². The minimum absolute atomic E-state index is 0. The van der Waals surface area contributed by atoms with Gasteiger partial charge in [-0.1, -0.05) is 18.9 Å². The average Bonchev–Trinajstić information content (AvgIpc) is 3.41. The Bertz CT molecular complexity index is 752. The first-order chi connectivity index (χ1) is 13.1. The van der Waals surface area contributed by atoms with E-state index in [2.05, 4.69) is 37.7 Å². The van der Waals surface area contributed by atoms with Crippen LogP contribution in [0.2, 0.25) is 0 Å². The van der Waals surface area contributed by atoms with Gasteiger partial charge < -0.3 is 15.5 Å². The topological polar surface area (TPSA) is 74.5 Å². The lowest BCUT2D eigenvalue weighted by Gasteiger charge is -2.14. The number of halogens is 1. The Kier molecular flexibility index (Phi) is 9.23. The molecule has 1 aliphatic carbocycles. The number of hydrogen-bond donors (Lipinski definition) is 2. The van der Waals surface area contributed by atoms with E-state index in [1.165, 1.54) is 30.6 Å². The third-order valence-corrected chi connectivity index (χ3v) is 5.55. The van der Waals surface area contributed by atoms with Crippen molar-refractivity contribution >= 4 is 47.2 Å². The van der Waals surface area contributed by atoms with Crippen molar-refractivity contribution in [3.8, 4) is 0 Å². The molecule has 0 aromatic carbocycles. The zero-order valence-corrected chi connectivity index (χ0v) is 19.6. The molecular weight excluding hydrogens is 487 g/mol. The summed E-state index contributed by atoms with van der Waals surface area (Å²) >= 11 is 1.69. The number of aromatic nitrogens is 2. The molecule has 154 valence electrons. The number of rotatable bonds is 7. The second kappa shape index (κ2) is 11.4. The lowest BCUT2D eigenvalue weighted by atomic mass is 10.3. The summed E-state index contributed by atoms with van der Waals surface area (Å²) in [5, 5.41) is 13.1. The molecule has 0 unspecified atom stereocenters. The van der Waals surface area contributed by atoms with Crippen LogP contribution in [0.25, 0.3) is 0 Å². The fourth-order valence-corrected chi connectivity index (χ4v) is 3.71. The molecule has 0 radical (unpaired) electrons. The molecule has 3 rings (SSSR count). The van der Waals surface area contributed by atoms with Gasteiger partial charge in [0.2, 0.25) is 5.91 Å². The molecule has 7 nitrogen and oxygen atoms in total. The van der Waals surface area contributed by atoms with E-state index in [-0.39, 0.29) is 36.4 Å². The molecule has 1 saturated carbocycles. The number of carbonyl (C=O) groups is 1. The van der Waals surface area contributed by atoms with Crippen LogP contribution in [0.5, 0.6) is 0 Å². The Balaban J connectivity index is 0.00000280. The predicted molar refractivity (Wildman–Crippen MR) is 124 cm³/mol. The van der Waals surface area contributed by atoms with Gasteiger partial charge in [-0.2, -0.15) is 5.10 Å². The van der Waals surface area contributed by atoms with Crippen molar-refractivity contribution in [3.63, 3.8) is 0 Å². The van der Waals surface area contributed by atoms with Crippen molar-refractivity contribution in [2.45, 2.75) is 44.8 Å². The van der Waals surface area contributed by atoms with Gasteiger partial charge in [0.05, 0.1) is 31.4 Å². The van der Waals surface area contributed by atoms with Gasteiger partial charge in [-0.3, -0.25) is 9.48 Å². The van der Waals surface area contributed by atoms with Crippen LogP contribution in [-0.4, -0.2) is 47.2 Å². The van der Waals surface area contributed by atoms with E-state index in [9.17, 15) is 4.79 Å². The van der Waals surface area contributed by atoms with E-state index in [4.69, 9.17) is 0 Å². The first kappa shape index (κ1) is 22.7. The first-order valence-electron chi connectivity index (χ1n) is 9.40. The standard InChI is InChI=1S/C19H28N6OS.HI/c1-24(2)18(26)14-22-19(21-13-17-8-5-11-27-17)20-12-15-9-10-25(23-15)16-6-3-4-7-16;/h5,8-11,16H,3-4,6-7,12-14H2,1-2H3,(H2,20,21,22);1H. The number of nitrogens with zero attached hydrogens (tertiary/aromatic N) is 4. The van der Waals surface area contributed by atoms with Crippen LogP contribution in [0.1, 0.15) is 42.3 Å². The first-order valence-corrected chi connectivity index (χ1v) is 10.3. The average molecular weight is 516 g/mol. The summed E-state index contributed by atoms with van der Waals surface area (Å²) in [6.07, 6.45) is 7.07. The van der Waals surface area contributed by atoms with E-state index in [0.29, 0.717) is 25.1 Å². The highest BCUT2D eigenvalue weighted by Gasteiger charge is 2.17. The van der Waals surface area contributed by atoms with Crippen LogP contribution in [-0.2, 0) is 17.9 Å². The third-order valence-electron chi connectivity index (χ3n) is 4.68. The zero-order valence-electron chi connectivity index (χ0n) is 16.4. The number of aliphatic imine (C=N–C) groups is 1. The minimum atomic E-state index is 0. The second-order valence-corrected chi connectivity index (χ2v) is 8.00. The Morgan fingerprint density at radius 2 is 2.11 bits per heavy atom. The summed E-state index contributed by atoms with van der Waals surface area (Å²) in [5.41, 5.74) is 0.943. The number of nitrogens with one attached hydrogen (secondary N) is 2. The molecule has 1 fully saturated rings. The van der Waals surface area contributed by atoms with Crippen molar-refractivity contribution in [1.82, 2.24) is 25.3 Å². The molecule has 0 aliphatic heterocycles. The molecule has 9 heteroatoms. The van der Waals surface area contributed by atoms with Gasteiger partial charge in [-0.05, 0) is 30.4 Å². The third kappa shape index (κ3) is 6.77. The van der Waals surface area contributed by atoms with Crippen LogP contribution >= 0.6 is 35.3 Å². The minimum Gasteiger partial charge on any atom is -0.351 e. The SMILES string of the molecule is CN(C)C(=O)CNC(=NCc1ccn(C2CCCC2)n1)NCc1cccs1.I. The number of guanidine groups is 1. The quantitative estimate of drug-likeness (QED) is 0.337. The Morgan fingerprint density at radius 1 is 1.32 bits per heavy atom. The fourth-order valence-electron chi connectivity index (χ4n) is 3.07. The molecule has 28 heavy (non-hydrogen) atoms. The van der Waals surface area contributed by atoms with Gasteiger partial charge in [-0.25, -0.2) is 4.99 Å². The summed E-state index contributed by atoms with van der Waals surface area (Å²) in [7, 11) is 3.49. The Morgan fingerprint density at radius 3 is 2.79 bits per heavy atom. The highest BCUT2D eigenvalue weighted by atomic mass is 127. The second-order valence-electron chi connectivity index (χ2n) is 6.96. The maximum Gasteiger partial charge on any atom is 0.241 e. The van der Waals surface area contributed by atoms with E-state index in [1.807, 2.05) is 17.5 Å². The molecular formula is C19H29IN6OS. The molecule has 0 bridgehead atoms. The molecule has 2 N–H and O–H groups in total. The Labute approximate surface area is 187 Å². The van der Waals surface area contributed by atoms with Gasteiger partial charge in [0.1, 0.15) is 0 Å². The number of amides is 1. The van der Waals surface area contributed by atoms with Gasteiger partial charge >= 0.3 is 0 Å². The molecule has 0 saturated heterocycles. The highest BCUT2D eigenvalue weighted by Crippen LogP contribution is 2.28. The van der Waals surface area contributed by atoms with Crippen molar-refractivity contribution in [3.05, 3.63) is 40.3 Å². The molecule has 0 spiro atoms. The Hall–Kier alpha value is -1.62. The van der Waals surface area contributed by atoms with E-state index < -0.39 is 0 Å². The summed E-state index contributed by atoms with van der Waals surface area (Å²) < 4.78 is 2.08. The summed E-state index contributed by atoms with van der Waals surface area (Å²) in [4.78, 5) is 19.3. The van der Waals surface area contributed by atoms with E-state index >= 15 is 0 Å². The highest BCUT2D eigenvalue weighted by molar-refractivity contribution is 14.0. The van der Waals surface area contributed by atoms with Crippen molar-refractivity contribution in [2.75, 3.05) is 20.6 Å². The molecule has 0 atom stereocenters. The number of hydrogen-bond acceptors (Lipinski definition) is 4. The summed E-state index contributed by atoms with van der Waals surface area (Å²) in [6.45, 7) is 1.37. The van der Waals surface area contributed by atoms with E-state index in [0.717, 1.165) is 5.69 Å². The van der Waals surface area contributed by atoms with Crippen molar-refractivity contribution in [2.24, 2.45) is 4.99 Å². The maximum atomic E-state index is 11.9. The van der Waals surface area contributed by atoms with Gasteiger partial charge in [-0.15, -0.1) is 35.3 Å². The van der Waals surface area contributed by atoms with Gasteiger partial charge in [0.25, 0.3) is 0 Å². The fraction of sp³-hybridized carbons (Fsp3) is 0.526. The van der Waals surface area contributed by atoms with Crippen LogP contribution in [0, 0.1) is 0 Å². The maximum absolute atomic E-state index is 11.9. The van der Waals surface area contributed by atoms with Crippen LogP contribution in [0.15, 0.2) is 34.8 Å². The molecule has 1 aliphatic rings. The number of carbonyl (C=O) groups excluding carboxylic acids is 1. The van der Waals surface area contributed by atoms with Crippen molar-refractivity contribution < 1.29 is 4.79 Å². The monoisotopic (exact) mass is 516 g/mol. The summed E-state index contributed by atoms with van der Waals surface area (Å²) in [5.74, 6) is 0.625. The van der Waals surface area contributed by atoms with Gasteiger partial charge in [0, 0.05) is 25.2 Å². The molecule has 2 aromatic rings. The van der Waals surface area contributed by atoms with Crippen LogP contribution in [0.4, 0.5) is 0 Å². The van der Waals surface area contributed by atoms with Crippen LogP contribution < -0.4 is 10.6 Å². The lowest BCUT2D eigenvalue weighted by molar-refractivity contribution is -0.127. The molecule has 1 amide bonds. The largest absolute Gasteiger partial charge is 0.351 e. The number of likely N-dealkylation sites (N-methyl/N-ethyl adjacent to an activating group) is 1. The predicted octanol–water partition coefficient (Wildman–Crippen LogP) is 3.00. The zero-order chi connectivity index (χ0) is 19.1. The van der Waals surface area contributed by atoms with Gasteiger partial charge in [0.15, 0.2) is 5.96 Å². The van der Waals surface area contributed by atoms with E-state index in [1.54, 1.807) is 30.3 Å². The molecule has 2 heterocycles. The van der Waals surface area contributed by atoms with Crippen LogP contribution in [0.3, 0.4) is 0 Å². The lowest BCUT2D eigenvalue weighted by Crippen LogP contribution is -2.42. The molecule has 2 aromatic heterocycles.